The van der Waals surface area contributed by atoms with Crippen LogP contribution in [0.4, 0.5) is 0 Å². The molecular weight excluding hydrogens is 186 g/mol. The Morgan fingerprint density at radius 1 is 1.33 bits per heavy atom. The molecule has 2 heteroatoms. The normalized spacial score (nSPS) is 27.2. The van der Waals surface area contributed by atoms with Crippen molar-refractivity contribution in [3.63, 3.8) is 0 Å². The van der Waals surface area contributed by atoms with Crippen molar-refractivity contribution in [2.45, 2.75) is 25.3 Å². The monoisotopic (exact) mass is 203 g/mol. The molecule has 0 aromatic heterocycles. The maximum atomic E-state index is 12.1. The maximum absolute atomic E-state index is 12.1. The molecule has 2 rings (SSSR count). The molecule has 15 heavy (non-hydrogen) atoms. The first kappa shape index (κ1) is 10.4. The summed E-state index contributed by atoms with van der Waals surface area (Å²) in [4.78, 5) is 14.3. The molecule has 0 N–H and O–H groups in total. The van der Waals surface area contributed by atoms with Crippen LogP contribution in [0, 0.1) is 0 Å². The van der Waals surface area contributed by atoms with Gasteiger partial charge in [0.25, 0.3) is 0 Å². The van der Waals surface area contributed by atoms with Gasteiger partial charge in [-0.15, -0.1) is 0 Å². The third-order valence-corrected chi connectivity index (χ3v) is 3.55. The van der Waals surface area contributed by atoms with E-state index in [1.54, 1.807) is 0 Å². The summed E-state index contributed by atoms with van der Waals surface area (Å²) < 4.78 is 0. The van der Waals surface area contributed by atoms with Crippen molar-refractivity contribution in [2.24, 2.45) is 0 Å². The summed E-state index contributed by atoms with van der Waals surface area (Å²) in [6, 6.07) is 10.1. The standard InChI is InChI=1S/C13H17NO/c1-3-13(11-7-5-4-6-8-11)12(15)9-10-14(13)2/h4-8H,3,9-10H2,1-2H3. The number of hydrogen-bond donors (Lipinski definition) is 0. The zero-order chi connectivity index (χ0) is 10.9. The molecule has 0 spiro atoms. The van der Waals surface area contributed by atoms with Gasteiger partial charge in [-0.1, -0.05) is 37.3 Å². The Kier molecular flexibility index (Phi) is 2.61. The number of likely N-dealkylation sites (tertiary alicyclic amines) is 1. The van der Waals surface area contributed by atoms with E-state index in [1.165, 1.54) is 0 Å². The highest BCUT2D eigenvalue weighted by Gasteiger charge is 2.45. The largest absolute Gasteiger partial charge is 0.297 e. The van der Waals surface area contributed by atoms with Crippen molar-refractivity contribution in [1.29, 1.82) is 0 Å². The van der Waals surface area contributed by atoms with Crippen LogP contribution in [0.5, 0.6) is 0 Å². The fourth-order valence-electron chi connectivity index (χ4n) is 2.65. The van der Waals surface area contributed by atoms with Crippen LogP contribution in [0.3, 0.4) is 0 Å². The van der Waals surface area contributed by atoms with Gasteiger partial charge in [0.1, 0.15) is 5.54 Å². The van der Waals surface area contributed by atoms with Crippen LogP contribution < -0.4 is 0 Å². The predicted molar refractivity (Wildman–Crippen MR) is 60.7 cm³/mol. The van der Waals surface area contributed by atoms with E-state index in [2.05, 4.69) is 24.0 Å². The van der Waals surface area contributed by atoms with Crippen LogP contribution in [0.25, 0.3) is 0 Å². The quantitative estimate of drug-likeness (QED) is 0.734. The zero-order valence-corrected chi connectivity index (χ0v) is 9.36. The van der Waals surface area contributed by atoms with Crippen LogP contribution in [0.15, 0.2) is 30.3 Å². The van der Waals surface area contributed by atoms with Crippen LogP contribution in [-0.4, -0.2) is 24.3 Å². The first-order valence-electron chi connectivity index (χ1n) is 5.52. The second-order valence-electron chi connectivity index (χ2n) is 4.17. The molecular formula is C13H17NO. The van der Waals surface area contributed by atoms with Crippen molar-refractivity contribution < 1.29 is 4.79 Å². The van der Waals surface area contributed by atoms with E-state index in [0.29, 0.717) is 12.2 Å². The van der Waals surface area contributed by atoms with Gasteiger partial charge in [-0.3, -0.25) is 9.69 Å². The molecule has 1 aromatic rings. The smallest absolute Gasteiger partial charge is 0.158 e. The van der Waals surface area contributed by atoms with Crippen molar-refractivity contribution in [3.05, 3.63) is 35.9 Å². The molecule has 1 aromatic carbocycles. The van der Waals surface area contributed by atoms with Crippen LogP contribution >= 0.6 is 0 Å². The number of nitrogens with zero attached hydrogens (tertiary/aromatic N) is 1. The van der Waals surface area contributed by atoms with Crippen molar-refractivity contribution >= 4 is 5.78 Å². The van der Waals surface area contributed by atoms with E-state index in [4.69, 9.17) is 0 Å². The number of ketones is 1. The van der Waals surface area contributed by atoms with Crippen LogP contribution in [0.1, 0.15) is 25.3 Å². The van der Waals surface area contributed by atoms with Gasteiger partial charge in [-0.2, -0.15) is 0 Å². The molecule has 2 nitrogen and oxygen atoms in total. The molecule has 0 saturated carbocycles. The number of rotatable bonds is 2. The van der Waals surface area contributed by atoms with Gasteiger partial charge in [0.05, 0.1) is 0 Å². The number of carbonyl (C=O) groups excluding carboxylic acids is 1. The molecule has 80 valence electrons. The average molecular weight is 203 g/mol. The summed E-state index contributed by atoms with van der Waals surface area (Å²) in [5, 5.41) is 0. The van der Waals surface area contributed by atoms with E-state index in [9.17, 15) is 4.79 Å². The highest BCUT2D eigenvalue weighted by molar-refractivity contribution is 5.91. The summed E-state index contributed by atoms with van der Waals surface area (Å²) in [7, 11) is 2.04. The molecule has 0 radical (unpaired) electrons. The SMILES string of the molecule is CCC1(c2ccccc2)C(=O)CCN1C. The van der Waals surface area contributed by atoms with Gasteiger partial charge in [0, 0.05) is 13.0 Å². The van der Waals surface area contributed by atoms with Crippen molar-refractivity contribution in [1.82, 2.24) is 4.90 Å². The number of likely N-dealkylation sites (N-methyl/N-ethyl adjacent to an activating group) is 1. The van der Waals surface area contributed by atoms with Crippen molar-refractivity contribution in [2.75, 3.05) is 13.6 Å². The molecule has 1 heterocycles. The lowest BCUT2D eigenvalue weighted by atomic mass is 9.84. The molecule has 1 aliphatic rings. The van der Waals surface area contributed by atoms with Crippen molar-refractivity contribution in [3.8, 4) is 0 Å². The number of benzene rings is 1. The minimum Gasteiger partial charge on any atom is -0.297 e. The fourth-order valence-corrected chi connectivity index (χ4v) is 2.65. The Bertz CT molecular complexity index is 360. The third-order valence-electron chi connectivity index (χ3n) is 3.55. The van der Waals surface area contributed by atoms with Gasteiger partial charge >= 0.3 is 0 Å². The van der Waals surface area contributed by atoms with E-state index in [1.807, 2.05) is 25.2 Å². The maximum Gasteiger partial charge on any atom is 0.158 e. The Morgan fingerprint density at radius 2 is 2.00 bits per heavy atom. The summed E-state index contributed by atoms with van der Waals surface area (Å²) in [6.07, 6.45) is 1.53. The molecule has 0 aliphatic carbocycles. The lowest BCUT2D eigenvalue weighted by Gasteiger charge is -2.34. The average Bonchev–Trinajstić information content (AvgIpc) is 2.57. The molecule has 1 saturated heterocycles. The lowest BCUT2D eigenvalue weighted by molar-refractivity contribution is -0.125. The van der Waals surface area contributed by atoms with E-state index in [0.717, 1.165) is 18.5 Å². The Balaban J connectivity index is 2.50. The molecule has 0 bridgehead atoms. The van der Waals surface area contributed by atoms with Gasteiger partial charge in [-0.25, -0.2) is 0 Å². The number of Topliss-reactive ketones (excluding diaryl/α,β-unsaturated/α-hetero) is 1. The Morgan fingerprint density at radius 3 is 2.47 bits per heavy atom. The summed E-state index contributed by atoms with van der Waals surface area (Å²) >= 11 is 0. The van der Waals surface area contributed by atoms with Crippen LogP contribution in [0.2, 0.25) is 0 Å². The zero-order valence-electron chi connectivity index (χ0n) is 9.36. The second-order valence-corrected chi connectivity index (χ2v) is 4.17. The van der Waals surface area contributed by atoms with E-state index < -0.39 is 0 Å². The molecule has 1 aliphatic heterocycles. The summed E-state index contributed by atoms with van der Waals surface area (Å²) in [5.41, 5.74) is 0.777. The Hall–Kier alpha value is -1.15. The second kappa shape index (κ2) is 3.78. The molecule has 1 fully saturated rings. The number of hydrogen-bond acceptors (Lipinski definition) is 2. The minimum atomic E-state index is -0.360. The van der Waals surface area contributed by atoms with Gasteiger partial charge in [0.15, 0.2) is 5.78 Å². The van der Waals surface area contributed by atoms with Crippen LogP contribution in [-0.2, 0) is 10.3 Å². The molecule has 0 amide bonds. The van der Waals surface area contributed by atoms with E-state index in [-0.39, 0.29) is 5.54 Å². The minimum absolute atomic E-state index is 0.360. The third kappa shape index (κ3) is 1.40. The van der Waals surface area contributed by atoms with Gasteiger partial charge in [-0.05, 0) is 19.0 Å². The first-order valence-corrected chi connectivity index (χ1v) is 5.52. The predicted octanol–water partition coefficient (Wildman–Crippen LogP) is 2.20. The topological polar surface area (TPSA) is 20.3 Å². The summed E-state index contributed by atoms with van der Waals surface area (Å²) in [5.74, 6) is 0.360. The first-order chi connectivity index (χ1) is 7.21. The number of carbonyl (C=O) groups is 1. The van der Waals surface area contributed by atoms with Gasteiger partial charge < -0.3 is 0 Å². The lowest BCUT2D eigenvalue weighted by Crippen LogP contribution is -2.42. The highest BCUT2D eigenvalue weighted by Crippen LogP contribution is 2.37. The highest BCUT2D eigenvalue weighted by atomic mass is 16.1. The van der Waals surface area contributed by atoms with Gasteiger partial charge in [0.2, 0.25) is 0 Å². The molecule has 1 atom stereocenters. The van der Waals surface area contributed by atoms with E-state index >= 15 is 0 Å². The summed E-state index contributed by atoms with van der Waals surface area (Å²) in [6.45, 7) is 2.97. The Labute approximate surface area is 90.9 Å². The molecule has 1 unspecified atom stereocenters. The fraction of sp³-hybridized carbons (Fsp3) is 0.462.